The monoisotopic (exact) mass is 487 g/mol. The van der Waals surface area contributed by atoms with Crippen LogP contribution in [-0.4, -0.2) is 46.9 Å². The minimum absolute atomic E-state index is 0.0787. The van der Waals surface area contributed by atoms with Gasteiger partial charge in [-0.15, -0.1) is 11.8 Å². The molecular formula is C8H13FN3O12P3S. The van der Waals surface area contributed by atoms with Gasteiger partial charge in [0.1, 0.15) is 11.7 Å². The van der Waals surface area contributed by atoms with Crippen molar-refractivity contribution in [3.63, 3.8) is 0 Å². The molecule has 0 aromatic carbocycles. The zero-order chi connectivity index (χ0) is 21.3. The minimum atomic E-state index is -5.63. The first-order valence-corrected chi connectivity index (χ1v) is 12.3. The highest BCUT2D eigenvalue weighted by Gasteiger charge is 2.41. The van der Waals surface area contributed by atoms with Crippen LogP contribution >= 0.6 is 35.2 Å². The van der Waals surface area contributed by atoms with Gasteiger partial charge < -0.3 is 30.0 Å². The Morgan fingerprint density at radius 1 is 1.29 bits per heavy atom. The summed E-state index contributed by atoms with van der Waals surface area (Å²) in [6, 6.07) is 0. The Kier molecular flexibility index (Phi) is 7.25. The van der Waals surface area contributed by atoms with Crippen LogP contribution in [0.3, 0.4) is 0 Å². The van der Waals surface area contributed by atoms with Gasteiger partial charge in [0.25, 0.3) is 0 Å². The second-order valence-corrected chi connectivity index (χ2v) is 10.5. The molecule has 1 aromatic heterocycles. The van der Waals surface area contributed by atoms with Crippen LogP contribution in [0.2, 0.25) is 0 Å². The Morgan fingerprint density at radius 2 is 1.93 bits per heavy atom. The molecule has 0 spiro atoms. The fourth-order valence-corrected chi connectivity index (χ4v) is 5.91. The summed E-state index contributed by atoms with van der Waals surface area (Å²) in [6.45, 7) is -0.718. The molecule has 6 N–H and O–H groups in total. The summed E-state index contributed by atoms with van der Waals surface area (Å²) < 4.78 is 64.4. The molecule has 2 rings (SSSR count). The van der Waals surface area contributed by atoms with Gasteiger partial charge in [-0.05, 0) is 0 Å². The third-order valence-electron chi connectivity index (χ3n) is 2.77. The van der Waals surface area contributed by atoms with Crippen molar-refractivity contribution in [2.24, 2.45) is 0 Å². The molecule has 1 fully saturated rings. The second kappa shape index (κ2) is 8.60. The first-order chi connectivity index (χ1) is 12.7. The summed E-state index contributed by atoms with van der Waals surface area (Å²) >= 11 is 0.969. The summed E-state index contributed by atoms with van der Waals surface area (Å²) in [5, 5.41) is 0. The maximum absolute atomic E-state index is 13.5. The number of thioether (sulfide) groups is 1. The van der Waals surface area contributed by atoms with Crippen molar-refractivity contribution >= 4 is 41.0 Å². The standard InChI is InChI=1S/C8H13FN3O12P3S/c9-4-1-12(8(13)11-7(4)10)5-3-28-6(22-5)2-21-26(17,18)24-27(19,20)23-25(14,15)16/h1,5-6H,2-3H2,(H,17,18)(H,19,20)(H2,10,11,13)(H2,14,15,16)/t5-,6-/m1/s1. The smallest absolute Gasteiger partial charge is 0.381 e. The molecule has 0 amide bonds. The van der Waals surface area contributed by atoms with Gasteiger partial charge in [0, 0.05) is 5.75 Å². The summed E-state index contributed by atoms with van der Waals surface area (Å²) in [5.41, 5.74) is 3.26. The number of halogens is 1. The van der Waals surface area contributed by atoms with Crippen molar-refractivity contribution in [2.75, 3.05) is 18.1 Å². The fourth-order valence-electron chi connectivity index (χ4n) is 1.80. The van der Waals surface area contributed by atoms with Gasteiger partial charge in [0.05, 0.1) is 12.8 Å². The van der Waals surface area contributed by atoms with Gasteiger partial charge in [0.2, 0.25) is 0 Å². The van der Waals surface area contributed by atoms with E-state index in [4.69, 9.17) is 25.2 Å². The van der Waals surface area contributed by atoms with Gasteiger partial charge in [-0.25, -0.2) is 22.9 Å². The maximum Gasteiger partial charge on any atom is 0.490 e. The minimum Gasteiger partial charge on any atom is -0.381 e. The Bertz CT molecular complexity index is 937. The molecule has 15 nitrogen and oxygen atoms in total. The Hall–Kier alpha value is -0.670. The number of phosphoric acid groups is 3. The lowest BCUT2D eigenvalue weighted by molar-refractivity contribution is -0.00692. The van der Waals surface area contributed by atoms with E-state index in [1.807, 2.05) is 0 Å². The third-order valence-corrected chi connectivity index (χ3v) is 7.67. The second-order valence-electron chi connectivity index (χ2n) is 4.90. The Morgan fingerprint density at radius 3 is 2.54 bits per heavy atom. The quantitative estimate of drug-likeness (QED) is 0.301. The van der Waals surface area contributed by atoms with Crippen molar-refractivity contribution in [3.8, 4) is 0 Å². The normalized spacial score (nSPS) is 24.6. The number of ether oxygens (including phenoxy) is 1. The number of phosphoric ester groups is 1. The molecule has 28 heavy (non-hydrogen) atoms. The molecule has 1 aromatic rings. The lowest BCUT2D eigenvalue weighted by Gasteiger charge is -2.18. The van der Waals surface area contributed by atoms with Crippen LogP contribution in [0.4, 0.5) is 10.2 Å². The van der Waals surface area contributed by atoms with Crippen molar-refractivity contribution < 1.29 is 55.5 Å². The predicted molar refractivity (Wildman–Crippen MR) is 89.1 cm³/mol. The highest BCUT2D eigenvalue weighted by molar-refractivity contribution is 8.00. The molecule has 1 saturated heterocycles. The topological polar surface area (TPSA) is 230 Å². The maximum atomic E-state index is 13.5. The van der Waals surface area contributed by atoms with Crippen molar-refractivity contribution in [2.45, 2.75) is 11.7 Å². The largest absolute Gasteiger partial charge is 0.490 e. The fraction of sp³-hybridized carbons (Fsp3) is 0.500. The number of nitrogens with zero attached hydrogens (tertiary/aromatic N) is 2. The molecule has 20 heteroatoms. The van der Waals surface area contributed by atoms with Crippen LogP contribution in [0.25, 0.3) is 0 Å². The number of anilines is 1. The average molecular weight is 487 g/mol. The van der Waals surface area contributed by atoms with E-state index in [0.717, 1.165) is 22.5 Å². The lowest BCUT2D eigenvalue weighted by atomic mass is 10.5. The molecule has 2 unspecified atom stereocenters. The SMILES string of the molecule is Nc1nc(=O)n([C@H]2CS[C@H](COP(=O)(O)OP(=O)(O)OP(=O)(O)O)O2)cc1F. The predicted octanol–water partition coefficient (Wildman–Crippen LogP) is -0.104. The van der Waals surface area contributed by atoms with Crippen LogP contribution in [0, 0.1) is 5.82 Å². The average Bonchev–Trinajstić information content (AvgIpc) is 2.94. The number of rotatable bonds is 8. The summed E-state index contributed by atoms with van der Waals surface area (Å²) in [7, 11) is -16.4. The first kappa shape index (κ1) is 23.6. The molecule has 0 aliphatic carbocycles. The van der Waals surface area contributed by atoms with E-state index in [-0.39, 0.29) is 5.75 Å². The number of aromatic nitrogens is 2. The molecule has 2 heterocycles. The Balaban J connectivity index is 1.95. The van der Waals surface area contributed by atoms with Crippen molar-refractivity contribution in [3.05, 3.63) is 22.5 Å². The van der Waals surface area contributed by atoms with E-state index in [1.54, 1.807) is 0 Å². The van der Waals surface area contributed by atoms with Crippen LogP contribution in [-0.2, 0) is 31.6 Å². The molecular weight excluding hydrogens is 474 g/mol. The van der Waals surface area contributed by atoms with E-state index in [9.17, 15) is 27.8 Å². The summed E-state index contributed by atoms with van der Waals surface area (Å²) in [4.78, 5) is 50.2. The first-order valence-electron chi connectivity index (χ1n) is 6.77. The molecule has 160 valence electrons. The summed E-state index contributed by atoms with van der Waals surface area (Å²) in [5.74, 6) is -1.49. The zero-order valence-electron chi connectivity index (χ0n) is 13.3. The molecule has 0 saturated carbocycles. The van der Waals surface area contributed by atoms with Crippen LogP contribution in [0.5, 0.6) is 0 Å². The van der Waals surface area contributed by atoms with Gasteiger partial charge in [-0.2, -0.15) is 13.6 Å². The van der Waals surface area contributed by atoms with Gasteiger partial charge in [0.15, 0.2) is 11.6 Å². The van der Waals surface area contributed by atoms with Crippen molar-refractivity contribution in [1.29, 1.82) is 0 Å². The Labute approximate surface area is 159 Å². The lowest BCUT2D eigenvalue weighted by Crippen LogP contribution is -2.30. The van der Waals surface area contributed by atoms with Gasteiger partial charge in [-0.3, -0.25) is 9.09 Å². The van der Waals surface area contributed by atoms with Crippen LogP contribution < -0.4 is 11.4 Å². The number of hydrogen-bond acceptors (Lipinski definition) is 11. The van der Waals surface area contributed by atoms with Gasteiger partial charge >= 0.3 is 29.2 Å². The number of hydrogen-bond donors (Lipinski definition) is 5. The highest BCUT2D eigenvalue weighted by atomic mass is 32.2. The number of nitrogen functional groups attached to an aromatic ring is 1. The van der Waals surface area contributed by atoms with E-state index in [0.29, 0.717) is 0 Å². The van der Waals surface area contributed by atoms with E-state index in [1.165, 1.54) is 0 Å². The van der Waals surface area contributed by atoms with E-state index >= 15 is 0 Å². The number of nitrogens with two attached hydrogens (primary N) is 1. The molecule has 1 aliphatic rings. The van der Waals surface area contributed by atoms with Gasteiger partial charge in [-0.1, -0.05) is 0 Å². The highest BCUT2D eigenvalue weighted by Crippen LogP contribution is 2.66. The third kappa shape index (κ3) is 6.99. The molecule has 0 bridgehead atoms. The van der Waals surface area contributed by atoms with E-state index in [2.05, 4.69) is 18.1 Å². The molecule has 1 aliphatic heterocycles. The molecule has 4 atom stereocenters. The van der Waals surface area contributed by atoms with E-state index < -0.39 is 59.1 Å². The molecule has 0 radical (unpaired) electrons. The zero-order valence-corrected chi connectivity index (χ0v) is 16.8. The van der Waals surface area contributed by atoms with Crippen molar-refractivity contribution in [1.82, 2.24) is 9.55 Å². The van der Waals surface area contributed by atoms with Crippen LogP contribution in [0.1, 0.15) is 6.23 Å². The van der Waals surface area contributed by atoms with Crippen LogP contribution in [0.15, 0.2) is 11.0 Å². The summed E-state index contributed by atoms with van der Waals surface area (Å²) in [6.07, 6.45) is -0.254.